The maximum atomic E-state index is 9.44. The van der Waals surface area contributed by atoms with Gasteiger partial charge in [0, 0.05) is 6.54 Å². The van der Waals surface area contributed by atoms with E-state index in [-0.39, 0.29) is 6.10 Å². The number of methoxy groups -OCH3 is 2. The first-order chi connectivity index (χ1) is 8.72. The standard InChI is InChI=1S/C12H21N3O3/c1-4-9(16)5-6-13-7-10-11(17-2)14-8-15-12(10)18-3/h8-9,13,16H,4-7H2,1-3H3. The summed E-state index contributed by atoms with van der Waals surface area (Å²) in [5.41, 5.74) is 0.786. The Morgan fingerprint density at radius 1 is 1.28 bits per heavy atom. The van der Waals surface area contributed by atoms with Crippen LogP contribution in [0.1, 0.15) is 25.3 Å². The van der Waals surface area contributed by atoms with E-state index in [1.165, 1.54) is 6.33 Å². The van der Waals surface area contributed by atoms with Crippen molar-refractivity contribution in [1.29, 1.82) is 0 Å². The van der Waals surface area contributed by atoms with Crippen LogP contribution in [0.15, 0.2) is 6.33 Å². The summed E-state index contributed by atoms with van der Waals surface area (Å²) in [6.07, 6.45) is 2.63. The fraction of sp³-hybridized carbons (Fsp3) is 0.667. The summed E-state index contributed by atoms with van der Waals surface area (Å²) in [5.74, 6) is 1.01. The molecule has 0 radical (unpaired) electrons. The van der Waals surface area contributed by atoms with Crippen LogP contribution in [0.3, 0.4) is 0 Å². The van der Waals surface area contributed by atoms with Crippen molar-refractivity contribution in [3.8, 4) is 11.8 Å². The molecule has 0 saturated heterocycles. The van der Waals surface area contributed by atoms with Crippen molar-refractivity contribution in [2.75, 3.05) is 20.8 Å². The molecule has 0 aliphatic rings. The first-order valence-electron chi connectivity index (χ1n) is 6.03. The quantitative estimate of drug-likeness (QED) is 0.667. The van der Waals surface area contributed by atoms with Crippen molar-refractivity contribution in [3.05, 3.63) is 11.9 Å². The third kappa shape index (κ3) is 4.12. The summed E-state index contributed by atoms with van der Waals surface area (Å²) in [5, 5.41) is 12.7. The third-order valence-electron chi connectivity index (χ3n) is 2.68. The zero-order chi connectivity index (χ0) is 13.4. The Balaban J connectivity index is 2.55. The minimum atomic E-state index is -0.256. The van der Waals surface area contributed by atoms with Crippen LogP contribution in [-0.2, 0) is 6.54 Å². The van der Waals surface area contributed by atoms with Crippen molar-refractivity contribution in [2.24, 2.45) is 0 Å². The molecule has 1 aromatic rings. The van der Waals surface area contributed by atoms with Gasteiger partial charge in [0.25, 0.3) is 0 Å². The Morgan fingerprint density at radius 3 is 2.39 bits per heavy atom. The van der Waals surface area contributed by atoms with Gasteiger partial charge in [-0.05, 0) is 19.4 Å². The molecule has 0 spiro atoms. The SMILES string of the molecule is CCC(O)CCNCc1c(OC)ncnc1OC. The highest BCUT2D eigenvalue weighted by Gasteiger charge is 2.12. The summed E-state index contributed by atoms with van der Waals surface area (Å²) >= 11 is 0. The number of aromatic nitrogens is 2. The number of nitrogens with one attached hydrogen (secondary N) is 1. The largest absolute Gasteiger partial charge is 0.481 e. The topological polar surface area (TPSA) is 76.5 Å². The molecule has 2 N–H and O–H groups in total. The Labute approximate surface area is 107 Å². The summed E-state index contributed by atoms with van der Waals surface area (Å²) < 4.78 is 10.3. The number of hydrogen-bond donors (Lipinski definition) is 2. The number of aliphatic hydroxyl groups excluding tert-OH is 1. The van der Waals surface area contributed by atoms with E-state index in [4.69, 9.17) is 9.47 Å². The molecule has 1 heterocycles. The van der Waals surface area contributed by atoms with Crippen molar-refractivity contribution >= 4 is 0 Å². The minimum absolute atomic E-state index is 0.256. The molecule has 0 aromatic carbocycles. The fourth-order valence-electron chi connectivity index (χ4n) is 1.57. The van der Waals surface area contributed by atoms with Crippen LogP contribution in [0, 0.1) is 0 Å². The van der Waals surface area contributed by atoms with E-state index in [1.807, 2.05) is 6.92 Å². The number of nitrogens with zero attached hydrogens (tertiary/aromatic N) is 2. The van der Waals surface area contributed by atoms with Crippen LogP contribution >= 0.6 is 0 Å². The smallest absolute Gasteiger partial charge is 0.224 e. The van der Waals surface area contributed by atoms with Crippen LogP contribution in [0.2, 0.25) is 0 Å². The molecule has 1 atom stereocenters. The van der Waals surface area contributed by atoms with Gasteiger partial charge in [-0.2, -0.15) is 0 Å². The maximum Gasteiger partial charge on any atom is 0.224 e. The zero-order valence-corrected chi connectivity index (χ0v) is 11.1. The summed E-state index contributed by atoms with van der Waals surface area (Å²) in [4.78, 5) is 8.07. The minimum Gasteiger partial charge on any atom is -0.481 e. The molecular formula is C12H21N3O3. The van der Waals surface area contributed by atoms with Gasteiger partial charge in [0.15, 0.2) is 0 Å². The molecule has 18 heavy (non-hydrogen) atoms. The summed E-state index contributed by atoms with van der Waals surface area (Å²) in [7, 11) is 3.12. The van der Waals surface area contributed by atoms with Gasteiger partial charge < -0.3 is 19.9 Å². The predicted octanol–water partition coefficient (Wildman–Crippen LogP) is 0.744. The molecule has 0 aliphatic carbocycles. The number of hydrogen-bond acceptors (Lipinski definition) is 6. The van der Waals surface area contributed by atoms with Crippen LogP contribution in [0.5, 0.6) is 11.8 Å². The van der Waals surface area contributed by atoms with Gasteiger partial charge in [-0.3, -0.25) is 0 Å². The molecule has 0 bridgehead atoms. The average molecular weight is 255 g/mol. The van der Waals surface area contributed by atoms with Gasteiger partial charge in [0.2, 0.25) is 11.8 Å². The van der Waals surface area contributed by atoms with E-state index in [0.717, 1.165) is 24.9 Å². The van der Waals surface area contributed by atoms with E-state index in [2.05, 4.69) is 15.3 Å². The first kappa shape index (κ1) is 14.7. The second kappa shape index (κ2) is 7.84. The van der Waals surface area contributed by atoms with E-state index in [0.29, 0.717) is 18.3 Å². The molecule has 0 saturated carbocycles. The second-order valence-electron chi connectivity index (χ2n) is 3.90. The Bertz CT molecular complexity index is 338. The van der Waals surface area contributed by atoms with Crippen molar-refractivity contribution in [1.82, 2.24) is 15.3 Å². The fourth-order valence-corrected chi connectivity index (χ4v) is 1.57. The maximum absolute atomic E-state index is 9.44. The lowest BCUT2D eigenvalue weighted by Crippen LogP contribution is -2.20. The molecule has 1 rings (SSSR count). The zero-order valence-electron chi connectivity index (χ0n) is 11.1. The van der Waals surface area contributed by atoms with Gasteiger partial charge in [0.1, 0.15) is 6.33 Å². The molecular weight excluding hydrogens is 234 g/mol. The monoisotopic (exact) mass is 255 g/mol. The van der Waals surface area contributed by atoms with Crippen LogP contribution in [-0.4, -0.2) is 41.9 Å². The average Bonchev–Trinajstić information content (AvgIpc) is 2.42. The second-order valence-corrected chi connectivity index (χ2v) is 3.90. The van der Waals surface area contributed by atoms with Gasteiger partial charge in [-0.25, -0.2) is 9.97 Å². The molecule has 102 valence electrons. The highest BCUT2D eigenvalue weighted by molar-refractivity contribution is 5.34. The van der Waals surface area contributed by atoms with E-state index < -0.39 is 0 Å². The van der Waals surface area contributed by atoms with Crippen LogP contribution in [0.25, 0.3) is 0 Å². The molecule has 0 amide bonds. The normalized spacial score (nSPS) is 12.2. The highest BCUT2D eigenvalue weighted by Crippen LogP contribution is 2.22. The van der Waals surface area contributed by atoms with E-state index >= 15 is 0 Å². The van der Waals surface area contributed by atoms with Gasteiger partial charge in [-0.1, -0.05) is 6.92 Å². The van der Waals surface area contributed by atoms with Crippen molar-refractivity contribution < 1.29 is 14.6 Å². The molecule has 6 nitrogen and oxygen atoms in total. The van der Waals surface area contributed by atoms with E-state index in [1.54, 1.807) is 14.2 Å². The number of aliphatic hydroxyl groups is 1. The summed E-state index contributed by atoms with van der Waals surface area (Å²) in [6, 6.07) is 0. The number of ether oxygens (including phenoxy) is 2. The molecule has 0 aliphatic heterocycles. The Kier molecular flexibility index (Phi) is 6.38. The van der Waals surface area contributed by atoms with Crippen molar-refractivity contribution in [2.45, 2.75) is 32.4 Å². The van der Waals surface area contributed by atoms with Gasteiger partial charge in [-0.15, -0.1) is 0 Å². The Hall–Kier alpha value is -1.40. The highest BCUT2D eigenvalue weighted by atomic mass is 16.5. The van der Waals surface area contributed by atoms with Gasteiger partial charge >= 0.3 is 0 Å². The van der Waals surface area contributed by atoms with Gasteiger partial charge in [0.05, 0.1) is 25.9 Å². The summed E-state index contributed by atoms with van der Waals surface area (Å²) in [6.45, 7) is 3.22. The predicted molar refractivity (Wildman–Crippen MR) is 67.8 cm³/mol. The lowest BCUT2D eigenvalue weighted by molar-refractivity contribution is 0.159. The van der Waals surface area contributed by atoms with E-state index in [9.17, 15) is 5.11 Å². The molecule has 0 fully saturated rings. The molecule has 1 unspecified atom stereocenters. The van der Waals surface area contributed by atoms with Crippen molar-refractivity contribution in [3.63, 3.8) is 0 Å². The third-order valence-corrected chi connectivity index (χ3v) is 2.68. The Morgan fingerprint density at radius 2 is 1.89 bits per heavy atom. The first-order valence-corrected chi connectivity index (χ1v) is 6.03. The lowest BCUT2D eigenvalue weighted by Gasteiger charge is -2.12. The van der Waals surface area contributed by atoms with Crippen LogP contribution in [0.4, 0.5) is 0 Å². The molecule has 6 heteroatoms. The number of rotatable bonds is 8. The lowest BCUT2D eigenvalue weighted by atomic mass is 10.2. The van der Waals surface area contributed by atoms with Crippen LogP contribution < -0.4 is 14.8 Å². The molecule has 1 aromatic heterocycles.